The third-order valence-corrected chi connectivity index (χ3v) is 5.82. The van der Waals surface area contributed by atoms with Crippen molar-refractivity contribution in [1.29, 1.82) is 0 Å². The van der Waals surface area contributed by atoms with Crippen LogP contribution in [0.25, 0.3) is 0 Å². The summed E-state index contributed by atoms with van der Waals surface area (Å²) in [7, 11) is 1.77. The summed E-state index contributed by atoms with van der Waals surface area (Å²) in [6.07, 6.45) is 3.41. The van der Waals surface area contributed by atoms with E-state index in [1.165, 1.54) is 0 Å². The van der Waals surface area contributed by atoms with Crippen LogP contribution in [-0.4, -0.2) is 33.9 Å². The van der Waals surface area contributed by atoms with Gasteiger partial charge in [-0.1, -0.05) is 40.9 Å². The van der Waals surface area contributed by atoms with Crippen LogP contribution in [0.4, 0.5) is 17.6 Å². The molecule has 0 spiro atoms. The van der Waals surface area contributed by atoms with E-state index in [4.69, 9.17) is 11.6 Å². The average Bonchev–Trinajstić information content (AvgIpc) is 2.63. The van der Waals surface area contributed by atoms with Gasteiger partial charge in [-0.05, 0) is 44.4 Å². The molecule has 2 unspecified atom stereocenters. The number of rotatable bonds is 5. The van der Waals surface area contributed by atoms with Crippen LogP contribution in [0.15, 0.2) is 22.7 Å². The van der Waals surface area contributed by atoms with E-state index in [0.29, 0.717) is 34.9 Å². The van der Waals surface area contributed by atoms with Gasteiger partial charge < -0.3 is 16.0 Å². The Kier molecular flexibility index (Phi) is 6.40. The van der Waals surface area contributed by atoms with Crippen LogP contribution in [0.2, 0.25) is 5.02 Å². The van der Waals surface area contributed by atoms with Crippen LogP contribution in [0, 0.1) is 12.3 Å². The van der Waals surface area contributed by atoms with Crippen LogP contribution < -0.4 is 16.0 Å². The molecule has 1 saturated carbocycles. The number of benzene rings is 1. The number of carbonyl (C=O) groups is 1. The number of aromatic nitrogens is 3. The number of aryl methyl sites for hydroxylation is 1. The molecule has 1 heterocycles. The van der Waals surface area contributed by atoms with E-state index in [-0.39, 0.29) is 11.9 Å². The summed E-state index contributed by atoms with van der Waals surface area (Å²) in [5.74, 6) is 1.67. The van der Waals surface area contributed by atoms with Gasteiger partial charge in [0.1, 0.15) is 5.82 Å². The van der Waals surface area contributed by atoms with Crippen molar-refractivity contribution in [1.82, 2.24) is 15.0 Å². The maximum atomic E-state index is 13.0. The molecule has 28 heavy (non-hydrogen) atoms. The van der Waals surface area contributed by atoms with E-state index in [0.717, 1.165) is 23.7 Å². The lowest BCUT2D eigenvalue weighted by Gasteiger charge is -2.37. The third-order valence-electron chi connectivity index (χ3n) is 5.01. The highest BCUT2D eigenvalue weighted by Crippen LogP contribution is 2.38. The highest BCUT2D eigenvalue weighted by atomic mass is 79.9. The summed E-state index contributed by atoms with van der Waals surface area (Å²) >= 11 is 9.63. The molecule has 0 radical (unpaired) electrons. The zero-order valence-corrected chi connectivity index (χ0v) is 18.5. The van der Waals surface area contributed by atoms with Gasteiger partial charge in [-0.2, -0.15) is 15.0 Å². The Morgan fingerprint density at radius 1 is 1.29 bits per heavy atom. The lowest BCUT2D eigenvalue weighted by Crippen LogP contribution is -2.42. The summed E-state index contributed by atoms with van der Waals surface area (Å²) in [4.78, 5) is 25.9. The number of carbonyl (C=O) groups excluding carboxylic acids is 1. The summed E-state index contributed by atoms with van der Waals surface area (Å²) in [6, 6.07) is 5.54. The van der Waals surface area contributed by atoms with Crippen molar-refractivity contribution in [2.75, 3.05) is 23.0 Å². The molecular formula is C19H24BrClN6O. The van der Waals surface area contributed by atoms with Crippen molar-refractivity contribution in [3.8, 4) is 0 Å². The van der Waals surface area contributed by atoms with Gasteiger partial charge in [0.15, 0.2) is 0 Å². The number of nitrogens with zero attached hydrogens (tertiary/aromatic N) is 3. The fourth-order valence-corrected chi connectivity index (χ4v) is 4.24. The van der Waals surface area contributed by atoms with E-state index in [1.807, 2.05) is 19.9 Å². The first-order valence-corrected chi connectivity index (χ1v) is 10.4. The standard InChI is InChI=1S/C19H24BrClN6O/c1-11-23-17(22-3)27-18(24-11)25-13-5-4-8-19(2,10-13)16(28)26-15-7-6-12(20)9-14(15)21/h6-7,9,13H,4-5,8,10H2,1-3H3,(H,26,28)(H2,22,23,24,25,27). The smallest absolute Gasteiger partial charge is 0.230 e. The molecule has 7 nitrogen and oxygen atoms in total. The quantitative estimate of drug-likeness (QED) is 0.593. The molecule has 2 aromatic rings. The SMILES string of the molecule is CNc1nc(C)nc(NC2CCCC(C)(C(=O)Nc3ccc(Br)cc3Cl)C2)n1. The van der Waals surface area contributed by atoms with Gasteiger partial charge in [-0.25, -0.2) is 0 Å². The average molecular weight is 468 g/mol. The Labute approximate surface area is 178 Å². The molecule has 1 aliphatic rings. The highest BCUT2D eigenvalue weighted by molar-refractivity contribution is 9.10. The molecule has 3 rings (SSSR count). The first kappa shape index (κ1) is 20.8. The van der Waals surface area contributed by atoms with Gasteiger partial charge in [0.05, 0.1) is 10.7 Å². The molecule has 0 bridgehead atoms. The minimum Gasteiger partial charge on any atom is -0.357 e. The van der Waals surface area contributed by atoms with Gasteiger partial charge in [0.25, 0.3) is 0 Å². The van der Waals surface area contributed by atoms with Crippen molar-refractivity contribution >= 4 is 51.0 Å². The monoisotopic (exact) mass is 466 g/mol. The van der Waals surface area contributed by atoms with E-state index < -0.39 is 5.41 Å². The van der Waals surface area contributed by atoms with Crippen LogP contribution in [0.1, 0.15) is 38.4 Å². The predicted octanol–water partition coefficient (Wildman–Crippen LogP) is 4.64. The largest absolute Gasteiger partial charge is 0.357 e. The summed E-state index contributed by atoms with van der Waals surface area (Å²) < 4.78 is 0.872. The van der Waals surface area contributed by atoms with Crippen molar-refractivity contribution < 1.29 is 4.79 Å². The van der Waals surface area contributed by atoms with E-state index in [9.17, 15) is 4.79 Å². The topological polar surface area (TPSA) is 91.8 Å². The molecule has 150 valence electrons. The van der Waals surface area contributed by atoms with E-state index >= 15 is 0 Å². The molecule has 1 amide bonds. The van der Waals surface area contributed by atoms with E-state index in [2.05, 4.69) is 46.8 Å². The van der Waals surface area contributed by atoms with Crippen molar-refractivity contribution in [3.05, 3.63) is 33.5 Å². The molecule has 1 aromatic heterocycles. The minimum absolute atomic E-state index is 0.0223. The van der Waals surface area contributed by atoms with Crippen LogP contribution in [0.5, 0.6) is 0 Å². The number of amides is 1. The lowest BCUT2D eigenvalue weighted by molar-refractivity contribution is -0.126. The summed E-state index contributed by atoms with van der Waals surface area (Å²) in [5, 5.41) is 9.81. The molecule has 1 fully saturated rings. The first-order chi connectivity index (χ1) is 13.3. The van der Waals surface area contributed by atoms with Crippen LogP contribution in [0.3, 0.4) is 0 Å². The Bertz CT molecular complexity index is 879. The Morgan fingerprint density at radius 3 is 2.75 bits per heavy atom. The molecule has 0 saturated heterocycles. The Morgan fingerprint density at radius 2 is 2.04 bits per heavy atom. The summed E-state index contributed by atoms with van der Waals surface area (Å²) in [5.41, 5.74) is 0.123. The number of hydrogen-bond acceptors (Lipinski definition) is 6. The van der Waals surface area contributed by atoms with Gasteiger partial charge in [-0.3, -0.25) is 4.79 Å². The normalized spacial score (nSPS) is 21.8. The third kappa shape index (κ3) is 4.91. The molecule has 1 aliphatic carbocycles. The fraction of sp³-hybridized carbons (Fsp3) is 0.474. The fourth-order valence-electron chi connectivity index (χ4n) is 3.52. The number of hydrogen-bond donors (Lipinski definition) is 3. The molecule has 1 aromatic carbocycles. The second-order valence-electron chi connectivity index (χ2n) is 7.36. The number of halogens is 2. The maximum absolute atomic E-state index is 13.0. The van der Waals surface area contributed by atoms with Gasteiger partial charge in [-0.15, -0.1) is 0 Å². The first-order valence-electron chi connectivity index (χ1n) is 9.22. The second kappa shape index (κ2) is 8.61. The minimum atomic E-state index is -0.500. The highest BCUT2D eigenvalue weighted by Gasteiger charge is 2.39. The zero-order valence-electron chi connectivity index (χ0n) is 16.1. The van der Waals surface area contributed by atoms with Crippen LogP contribution in [-0.2, 0) is 4.79 Å². The molecule has 9 heteroatoms. The number of nitrogens with one attached hydrogen (secondary N) is 3. The Hall–Kier alpha value is -1.93. The van der Waals surface area contributed by atoms with Crippen molar-refractivity contribution in [2.24, 2.45) is 5.41 Å². The van der Waals surface area contributed by atoms with Crippen LogP contribution >= 0.6 is 27.5 Å². The van der Waals surface area contributed by atoms with Gasteiger partial charge in [0, 0.05) is 23.0 Å². The van der Waals surface area contributed by atoms with Crippen molar-refractivity contribution in [3.63, 3.8) is 0 Å². The molecular weight excluding hydrogens is 444 g/mol. The molecule has 2 atom stereocenters. The lowest BCUT2D eigenvalue weighted by atomic mass is 9.72. The Balaban J connectivity index is 1.70. The van der Waals surface area contributed by atoms with E-state index in [1.54, 1.807) is 19.2 Å². The molecule has 0 aliphatic heterocycles. The zero-order chi connectivity index (χ0) is 20.3. The predicted molar refractivity (Wildman–Crippen MR) is 116 cm³/mol. The maximum Gasteiger partial charge on any atom is 0.230 e. The van der Waals surface area contributed by atoms with Gasteiger partial charge in [0.2, 0.25) is 17.8 Å². The van der Waals surface area contributed by atoms with Crippen molar-refractivity contribution in [2.45, 2.75) is 45.6 Å². The second-order valence-corrected chi connectivity index (χ2v) is 8.68. The summed E-state index contributed by atoms with van der Waals surface area (Å²) in [6.45, 7) is 3.83. The van der Waals surface area contributed by atoms with Gasteiger partial charge >= 0.3 is 0 Å². The molecule has 3 N–H and O–H groups in total. The number of anilines is 3.